The summed E-state index contributed by atoms with van der Waals surface area (Å²) in [7, 11) is 0. The SMILES string of the molecule is O=C(O)c1ccc(C(=O)Nc2ccc(Br)c(Cl)c2)s1. The summed E-state index contributed by atoms with van der Waals surface area (Å²) >= 11 is 10.1. The Bertz CT molecular complexity index is 656. The summed E-state index contributed by atoms with van der Waals surface area (Å²) in [5.74, 6) is -1.41. The van der Waals surface area contributed by atoms with Crippen LogP contribution in [0.25, 0.3) is 0 Å². The Kier molecular flexibility index (Phi) is 4.24. The highest BCUT2D eigenvalue weighted by Gasteiger charge is 2.13. The maximum atomic E-state index is 11.9. The second-order valence-corrected chi connectivity index (χ2v) is 5.90. The van der Waals surface area contributed by atoms with Gasteiger partial charge in [-0.25, -0.2) is 4.79 Å². The number of thiophene rings is 1. The molecule has 2 aromatic rings. The molecule has 19 heavy (non-hydrogen) atoms. The van der Waals surface area contributed by atoms with E-state index in [1.54, 1.807) is 18.2 Å². The first-order valence-corrected chi connectivity index (χ1v) is 7.05. The number of amides is 1. The van der Waals surface area contributed by atoms with Crippen LogP contribution in [0.2, 0.25) is 5.02 Å². The first-order valence-electron chi connectivity index (χ1n) is 5.07. The van der Waals surface area contributed by atoms with Crippen LogP contribution in [0, 0.1) is 0 Å². The Morgan fingerprint density at radius 2 is 1.89 bits per heavy atom. The number of carboxylic acids is 1. The molecule has 1 amide bonds. The van der Waals surface area contributed by atoms with Crippen molar-refractivity contribution in [2.75, 3.05) is 5.32 Å². The third kappa shape index (κ3) is 3.34. The number of halogens is 2. The molecule has 0 aliphatic carbocycles. The van der Waals surface area contributed by atoms with Crippen molar-refractivity contribution in [3.8, 4) is 0 Å². The molecule has 2 N–H and O–H groups in total. The molecule has 0 saturated carbocycles. The molecule has 2 rings (SSSR count). The molecular formula is C12H7BrClNO3S. The van der Waals surface area contributed by atoms with Gasteiger partial charge >= 0.3 is 5.97 Å². The molecule has 0 fully saturated rings. The topological polar surface area (TPSA) is 66.4 Å². The van der Waals surface area contributed by atoms with Crippen molar-refractivity contribution in [2.24, 2.45) is 0 Å². The zero-order chi connectivity index (χ0) is 14.0. The first kappa shape index (κ1) is 14.0. The number of benzene rings is 1. The predicted octanol–water partition coefficient (Wildman–Crippen LogP) is 4.11. The molecular weight excluding hydrogens is 354 g/mol. The second kappa shape index (κ2) is 5.73. The van der Waals surface area contributed by atoms with Gasteiger partial charge in [0.2, 0.25) is 0 Å². The number of aromatic carboxylic acids is 1. The van der Waals surface area contributed by atoms with E-state index in [1.807, 2.05) is 0 Å². The molecule has 0 aliphatic heterocycles. The number of carbonyl (C=O) groups excluding carboxylic acids is 1. The molecule has 1 heterocycles. The van der Waals surface area contributed by atoms with E-state index in [0.717, 1.165) is 15.8 Å². The normalized spacial score (nSPS) is 10.2. The van der Waals surface area contributed by atoms with Crippen LogP contribution < -0.4 is 5.32 Å². The first-order chi connectivity index (χ1) is 8.97. The van der Waals surface area contributed by atoms with E-state index >= 15 is 0 Å². The highest BCUT2D eigenvalue weighted by molar-refractivity contribution is 9.10. The Morgan fingerprint density at radius 1 is 1.21 bits per heavy atom. The fourth-order valence-corrected chi connectivity index (χ4v) is 2.51. The lowest BCUT2D eigenvalue weighted by Crippen LogP contribution is -2.09. The number of anilines is 1. The summed E-state index contributed by atoms with van der Waals surface area (Å²) in [6, 6.07) is 7.89. The van der Waals surface area contributed by atoms with Crippen molar-refractivity contribution >= 4 is 56.4 Å². The van der Waals surface area contributed by atoms with Crippen LogP contribution in [0.3, 0.4) is 0 Å². The second-order valence-electron chi connectivity index (χ2n) is 3.55. The Labute approximate surface area is 126 Å². The molecule has 1 aromatic carbocycles. The largest absolute Gasteiger partial charge is 0.477 e. The molecule has 7 heteroatoms. The van der Waals surface area contributed by atoms with E-state index in [-0.39, 0.29) is 10.8 Å². The lowest BCUT2D eigenvalue weighted by molar-refractivity contribution is 0.0702. The molecule has 4 nitrogen and oxygen atoms in total. The predicted molar refractivity (Wildman–Crippen MR) is 78.4 cm³/mol. The molecule has 0 atom stereocenters. The van der Waals surface area contributed by atoms with Gasteiger partial charge in [-0.3, -0.25) is 4.79 Å². The van der Waals surface area contributed by atoms with Gasteiger partial charge in [-0.05, 0) is 46.3 Å². The molecule has 0 radical (unpaired) electrons. The minimum atomic E-state index is -1.05. The quantitative estimate of drug-likeness (QED) is 0.865. The van der Waals surface area contributed by atoms with E-state index in [0.29, 0.717) is 15.6 Å². The van der Waals surface area contributed by atoms with Crippen LogP contribution >= 0.6 is 38.9 Å². The summed E-state index contributed by atoms with van der Waals surface area (Å²) in [5.41, 5.74) is 0.545. The smallest absolute Gasteiger partial charge is 0.345 e. The zero-order valence-corrected chi connectivity index (χ0v) is 12.5. The van der Waals surface area contributed by atoms with Gasteiger partial charge in [-0.2, -0.15) is 0 Å². The van der Waals surface area contributed by atoms with Crippen LogP contribution in [0.4, 0.5) is 5.69 Å². The van der Waals surface area contributed by atoms with E-state index in [4.69, 9.17) is 16.7 Å². The fourth-order valence-electron chi connectivity index (χ4n) is 1.34. The molecule has 0 bridgehead atoms. The standard InChI is InChI=1S/C12H7BrClNO3S/c13-7-2-1-6(5-8(7)14)15-11(16)9-3-4-10(19-9)12(17)18/h1-5H,(H,15,16)(H,17,18). The highest BCUT2D eigenvalue weighted by Crippen LogP contribution is 2.26. The van der Waals surface area contributed by atoms with Crippen molar-refractivity contribution in [1.29, 1.82) is 0 Å². The van der Waals surface area contributed by atoms with E-state index < -0.39 is 5.97 Å². The summed E-state index contributed by atoms with van der Waals surface area (Å²) in [4.78, 5) is 23.1. The third-order valence-electron chi connectivity index (χ3n) is 2.22. The van der Waals surface area contributed by atoms with Gasteiger partial charge < -0.3 is 10.4 Å². The molecule has 98 valence electrons. The molecule has 0 saturated heterocycles. The van der Waals surface area contributed by atoms with Crippen LogP contribution in [-0.4, -0.2) is 17.0 Å². The van der Waals surface area contributed by atoms with Crippen LogP contribution in [0.15, 0.2) is 34.8 Å². The van der Waals surface area contributed by atoms with Gasteiger partial charge in [-0.15, -0.1) is 11.3 Å². The van der Waals surface area contributed by atoms with Crippen LogP contribution in [-0.2, 0) is 0 Å². The van der Waals surface area contributed by atoms with Crippen LogP contribution in [0.5, 0.6) is 0 Å². The van der Waals surface area contributed by atoms with Gasteiger partial charge in [0.25, 0.3) is 5.91 Å². The lowest BCUT2D eigenvalue weighted by Gasteiger charge is -2.04. The highest BCUT2D eigenvalue weighted by atomic mass is 79.9. The molecule has 0 aliphatic rings. The van der Waals surface area contributed by atoms with Crippen molar-refractivity contribution in [3.05, 3.63) is 49.6 Å². The average Bonchev–Trinajstić information content (AvgIpc) is 2.83. The van der Waals surface area contributed by atoms with E-state index in [9.17, 15) is 9.59 Å². The van der Waals surface area contributed by atoms with E-state index in [2.05, 4.69) is 21.2 Å². The minimum absolute atomic E-state index is 0.124. The third-order valence-corrected chi connectivity index (χ3v) is 4.52. The summed E-state index contributed by atoms with van der Waals surface area (Å²) in [6.07, 6.45) is 0. The van der Waals surface area contributed by atoms with Gasteiger partial charge in [0, 0.05) is 10.2 Å². The lowest BCUT2D eigenvalue weighted by atomic mass is 10.3. The molecule has 1 aromatic heterocycles. The van der Waals surface area contributed by atoms with Crippen molar-refractivity contribution in [1.82, 2.24) is 0 Å². The van der Waals surface area contributed by atoms with Gasteiger partial charge in [0.05, 0.1) is 9.90 Å². The van der Waals surface area contributed by atoms with Gasteiger partial charge in [0.1, 0.15) is 4.88 Å². The number of carboxylic acid groups (broad SMARTS) is 1. The van der Waals surface area contributed by atoms with Crippen molar-refractivity contribution in [2.45, 2.75) is 0 Å². The fraction of sp³-hybridized carbons (Fsp3) is 0. The van der Waals surface area contributed by atoms with Gasteiger partial charge in [0.15, 0.2) is 0 Å². The Hall–Kier alpha value is -1.37. The average molecular weight is 361 g/mol. The van der Waals surface area contributed by atoms with Crippen LogP contribution in [0.1, 0.15) is 19.3 Å². The number of carbonyl (C=O) groups is 2. The summed E-state index contributed by atoms with van der Waals surface area (Å²) < 4.78 is 0.733. The number of rotatable bonds is 3. The zero-order valence-electron chi connectivity index (χ0n) is 9.31. The number of nitrogens with one attached hydrogen (secondary N) is 1. The summed E-state index contributed by atoms with van der Waals surface area (Å²) in [5, 5.41) is 11.9. The molecule has 0 spiro atoms. The number of hydrogen-bond donors (Lipinski definition) is 2. The van der Waals surface area contributed by atoms with Crippen molar-refractivity contribution < 1.29 is 14.7 Å². The van der Waals surface area contributed by atoms with Gasteiger partial charge in [-0.1, -0.05) is 11.6 Å². The maximum absolute atomic E-state index is 11.9. The van der Waals surface area contributed by atoms with Crippen molar-refractivity contribution in [3.63, 3.8) is 0 Å². The number of hydrogen-bond acceptors (Lipinski definition) is 3. The monoisotopic (exact) mass is 359 g/mol. The van der Waals surface area contributed by atoms with E-state index in [1.165, 1.54) is 12.1 Å². The summed E-state index contributed by atoms with van der Waals surface area (Å²) in [6.45, 7) is 0. The molecule has 0 unspecified atom stereocenters. The Balaban J connectivity index is 2.15. The maximum Gasteiger partial charge on any atom is 0.345 e. The minimum Gasteiger partial charge on any atom is -0.477 e. The Morgan fingerprint density at radius 3 is 2.47 bits per heavy atom.